The molecule has 0 bridgehead atoms. The maximum absolute atomic E-state index is 11.9. The number of nitrogens with one attached hydrogen (secondary N) is 1. The van der Waals surface area contributed by atoms with E-state index in [1.165, 1.54) is 29.2 Å². The lowest BCUT2D eigenvalue weighted by molar-refractivity contribution is -0.173. The Hall–Kier alpha value is -2.05. The van der Waals surface area contributed by atoms with Gasteiger partial charge in [-0.1, -0.05) is 12.1 Å². The van der Waals surface area contributed by atoms with Crippen molar-refractivity contribution in [3.05, 3.63) is 35.4 Å². The number of carbonyl (C=O) groups is 2. The van der Waals surface area contributed by atoms with Gasteiger partial charge in [0.25, 0.3) is 5.91 Å². The fourth-order valence-corrected chi connectivity index (χ4v) is 1.31. The number of rotatable bonds is 3. The second kappa shape index (κ2) is 5.73. The molecule has 0 saturated carbocycles. The van der Waals surface area contributed by atoms with E-state index in [1.54, 1.807) is 19.4 Å². The lowest BCUT2D eigenvalue weighted by atomic mass is 10.1. The minimum Gasteiger partial charge on any atom is -0.345 e. The Morgan fingerprint density at radius 1 is 1.16 bits per heavy atom. The van der Waals surface area contributed by atoms with E-state index in [-0.39, 0.29) is 12.5 Å². The van der Waals surface area contributed by atoms with Crippen molar-refractivity contribution in [2.24, 2.45) is 0 Å². The first kappa shape index (κ1) is 15.0. The topological polar surface area (TPSA) is 49.4 Å². The summed E-state index contributed by atoms with van der Waals surface area (Å²) >= 11 is 0. The Morgan fingerprint density at radius 3 is 2.11 bits per heavy atom. The van der Waals surface area contributed by atoms with Gasteiger partial charge < -0.3 is 10.2 Å². The smallest absolute Gasteiger partial charge is 0.345 e. The highest BCUT2D eigenvalue weighted by Crippen LogP contribution is 2.14. The van der Waals surface area contributed by atoms with Gasteiger partial charge in [0.05, 0.1) is 0 Å². The Kier molecular flexibility index (Phi) is 4.52. The first-order valence-corrected chi connectivity index (χ1v) is 5.37. The van der Waals surface area contributed by atoms with Gasteiger partial charge in [0, 0.05) is 26.2 Å². The molecule has 0 radical (unpaired) electrons. The maximum Gasteiger partial charge on any atom is 0.471 e. The van der Waals surface area contributed by atoms with E-state index >= 15 is 0 Å². The Labute approximate surface area is 108 Å². The molecule has 1 aromatic carbocycles. The van der Waals surface area contributed by atoms with E-state index in [0.717, 1.165) is 0 Å². The monoisotopic (exact) mass is 274 g/mol. The molecule has 1 aromatic rings. The molecule has 19 heavy (non-hydrogen) atoms. The van der Waals surface area contributed by atoms with Crippen LogP contribution < -0.4 is 5.32 Å². The predicted molar refractivity (Wildman–Crippen MR) is 62.4 cm³/mol. The highest BCUT2D eigenvalue weighted by molar-refractivity contribution is 5.93. The van der Waals surface area contributed by atoms with E-state index in [2.05, 4.69) is 0 Å². The molecule has 0 aromatic heterocycles. The number of halogens is 3. The van der Waals surface area contributed by atoms with Crippen molar-refractivity contribution in [1.29, 1.82) is 0 Å². The third-order valence-corrected chi connectivity index (χ3v) is 2.32. The van der Waals surface area contributed by atoms with Crippen molar-refractivity contribution >= 4 is 11.8 Å². The zero-order valence-electron chi connectivity index (χ0n) is 10.4. The van der Waals surface area contributed by atoms with Crippen LogP contribution in [0.25, 0.3) is 0 Å². The number of amides is 2. The molecule has 0 spiro atoms. The molecule has 0 aliphatic rings. The van der Waals surface area contributed by atoms with Crippen LogP contribution in [0.1, 0.15) is 15.9 Å². The van der Waals surface area contributed by atoms with Crippen LogP contribution in [0.5, 0.6) is 0 Å². The van der Waals surface area contributed by atoms with Gasteiger partial charge in [-0.2, -0.15) is 13.2 Å². The predicted octanol–water partition coefficient (Wildman–Crippen LogP) is 1.57. The summed E-state index contributed by atoms with van der Waals surface area (Å²) in [7, 11) is 3.19. The quantitative estimate of drug-likeness (QED) is 0.909. The summed E-state index contributed by atoms with van der Waals surface area (Å²) < 4.78 is 35.8. The van der Waals surface area contributed by atoms with Gasteiger partial charge in [-0.25, -0.2) is 0 Å². The first-order valence-electron chi connectivity index (χ1n) is 5.37. The van der Waals surface area contributed by atoms with E-state index < -0.39 is 12.1 Å². The molecule has 1 rings (SSSR count). The SMILES string of the molecule is CN(C)C(=O)c1ccc(CNC(=O)C(F)(F)F)cc1. The summed E-state index contributed by atoms with van der Waals surface area (Å²) in [5, 5.41) is 1.75. The minimum absolute atomic E-state index is 0.203. The molecule has 0 aliphatic heterocycles. The van der Waals surface area contributed by atoms with Gasteiger partial charge in [-0.15, -0.1) is 0 Å². The van der Waals surface area contributed by atoms with E-state index in [0.29, 0.717) is 11.1 Å². The first-order chi connectivity index (χ1) is 8.71. The van der Waals surface area contributed by atoms with Gasteiger partial charge in [0.2, 0.25) is 0 Å². The van der Waals surface area contributed by atoms with Gasteiger partial charge in [0.1, 0.15) is 0 Å². The van der Waals surface area contributed by atoms with Crippen molar-refractivity contribution in [3.8, 4) is 0 Å². The fourth-order valence-electron chi connectivity index (χ4n) is 1.31. The molecule has 0 fully saturated rings. The maximum atomic E-state index is 11.9. The largest absolute Gasteiger partial charge is 0.471 e. The molecule has 0 heterocycles. The molecule has 0 atom stereocenters. The van der Waals surface area contributed by atoms with Crippen LogP contribution in [-0.2, 0) is 11.3 Å². The Morgan fingerprint density at radius 2 is 1.68 bits per heavy atom. The highest BCUT2D eigenvalue weighted by atomic mass is 19.4. The van der Waals surface area contributed by atoms with Crippen molar-refractivity contribution in [2.45, 2.75) is 12.7 Å². The lowest BCUT2D eigenvalue weighted by Gasteiger charge is -2.11. The molecule has 0 aliphatic carbocycles. The number of carbonyl (C=O) groups excluding carboxylic acids is 2. The van der Waals surface area contributed by atoms with Crippen LogP contribution in [-0.4, -0.2) is 37.0 Å². The normalized spacial score (nSPS) is 11.0. The van der Waals surface area contributed by atoms with Crippen LogP contribution in [0.15, 0.2) is 24.3 Å². The molecular weight excluding hydrogens is 261 g/mol. The van der Waals surface area contributed by atoms with Crippen molar-refractivity contribution in [3.63, 3.8) is 0 Å². The molecule has 1 N–H and O–H groups in total. The van der Waals surface area contributed by atoms with Crippen molar-refractivity contribution in [1.82, 2.24) is 10.2 Å². The minimum atomic E-state index is -4.89. The van der Waals surface area contributed by atoms with Gasteiger partial charge in [-0.3, -0.25) is 9.59 Å². The second-order valence-electron chi connectivity index (χ2n) is 4.08. The molecule has 0 unspecified atom stereocenters. The zero-order valence-corrected chi connectivity index (χ0v) is 10.4. The molecule has 2 amide bonds. The molecule has 7 heteroatoms. The van der Waals surface area contributed by atoms with Gasteiger partial charge >= 0.3 is 12.1 Å². The van der Waals surface area contributed by atoms with Crippen LogP contribution in [0.3, 0.4) is 0 Å². The average molecular weight is 274 g/mol. The van der Waals surface area contributed by atoms with Crippen LogP contribution in [0.4, 0.5) is 13.2 Å². The Bertz CT molecular complexity index is 467. The van der Waals surface area contributed by atoms with Crippen LogP contribution in [0.2, 0.25) is 0 Å². The number of hydrogen-bond donors (Lipinski definition) is 1. The number of hydrogen-bond acceptors (Lipinski definition) is 2. The summed E-state index contributed by atoms with van der Waals surface area (Å²) in [6.45, 7) is -0.241. The van der Waals surface area contributed by atoms with E-state index in [1.807, 2.05) is 0 Å². The van der Waals surface area contributed by atoms with Gasteiger partial charge in [-0.05, 0) is 17.7 Å². The number of benzene rings is 1. The standard InChI is InChI=1S/C12H13F3N2O2/c1-17(2)10(18)9-5-3-8(4-6-9)7-16-11(19)12(13,14)15/h3-6H,7H2,1-2H3,(H,16,19). The van der Waals surface area contributed by atoms with Crippen LogP contribution >= 0.6 is 0 Å². The average Bonchev–Trinajstić information content (AvgIpc) is 2.34. The zero-order chi connectivity index (χ0) is 14.6. The number of nitrogens with zero attached hydrogens (tertiary/aromatic N) is 1. The van der Waals surface area contributed by atoms with E-state index in [9.17, 15) is 22.8 Å². The lowest BCUT2D eigenvalue weighted by Crippen LogP contribution is -2.36. The molecule has 4 nitrogen and oxygen atoms in total. The van der Waals surface area contributed by atoms with Crippen molar-refractivity contribution in [2.75, 3.05) is 14.1 Å². The molecule has 0 saturated heterocycles. The summed E-state index contributed by atoms with van der Waals surface area (Å²) in [4.78, 5) is 23.6. The summed E-state index contributed by atoms with van der Waals surface area (Å²) in [6, 6.07) is 5.98. The Balaban J connectivity index is 2.63. The second-order valence-corrected chi connectivity index (χ2v) is 4.08. The number of alkyl halides is 3. The van der Waals surface area contributed by atoms with Gasteiger partial charge in [0.15, 0.2) is 0 Å². The molecular formula is C12H13F3N2O2. The third-order valence-electron chi connectivity index (χ3n) is 2.32. The summed E-state index contributed by atoms with van der Waals surface area (Å²) in [5.74, 6) is -2.19. The van der Waals surface area contributed by atoms with E-state index in [4.69, 9.17) is 0 Å². The highest BCUT2D eigenvalue weighted by Gasteiger charge is 2.38. The fraction of sp³-hybridized carbons (Fsp3) is 0.333. The molecule has 104 valence electrons. The van der Waals surface area contributed by atoms with Crippen LogP contribution in [0, 0.1) is 0 Å². The van der Waals surface area contributed by atoms with Crippen molar-refractivity contribution < 1.29 is 22.8 Å². The summed E-state index contributed by atoms with van der Waals surface area (Å²) in [6.07, 6.45) is -4.89. The summed E-state index contributed by atoms with van der Waals surface area (Å²) in [5.41, 5.74) is 0.906. The third kappa shape index (κ3) is 4.27.